The largest absolute Gasteiger partial charge is 0.492 e. The summed E-state index contributed by atoms with van der Waals surface area (Å²) in [5.74, 6) is 0.0936. The van der Waals surface area contributed by atoms with Crippen LogP contribution in [0.1, 0.15) is 49.9 Å². The van der Waals surface area contributed by atoms with Crippen LogP contribution in [0.4, 0.5) is 0 Å². The number of hydrogen-bond acceptors (Lipinski definition) is 5. The standard InChI is InChI=1S/C18H24BrNO5/c1-4-24-15-10-12(9-14(19)16(15)23-3)18(22)25-11(2)17(21)20-13-7-5-6-8-13/h9-11,13H,4-8H2,1-3H3,(H,20,21)/t11-/m1/s1. The summed E-state index contributed by atoms with van der Waals surface area (Å²) in [5.41, 5.74) is 0.289. The van der Waals surface area contributed by atoms with Crippen LogP contribution in [0.3, 0.4) is 0 Å². The molecule has 1 aliphatic rings. The normalized spacial score (nSPS) is 15.5. The molecule has 7 heteroatoms. The maximum absolute atomic E-state index is 12.4. The van der Waals surface area contributed by atoms with Gasteiger partial charge in [0.1, 0.15) is 0 Å². The molecule has 0 heterocycles. The molecule has 1 aromatic rings. The molecule has 0 aliphatic heterocycles. The van der Waals surface area contributed by atoms with E-state index < -0.39 is 12.1 Å². The minimum absolute atomic E-state index is 0.188. The second kappa shape index (κ2) is 9.08. The van der Waals surface area contributed by atoms with Crippen LogP contribution in [0, 0.1) is 0 Å². The second-order valence-corrected chi connectivity index (χ2v) is 6.81. The number of hydrogen-bond donors (Lipinski definition) is 1. The molecule has 1 amide bonds. The summed E-state index contributed by atoms with van der Waals surface area (Å²) in [7, 11) is 1.52. The Morgan fingerprint density at radius 3 is 2.60 bits per heavy atom. The van der Waals surface area contributed by atoms with E-state index in [0.717, 1.165) is 25.7 Å². The first-order chi connectivity index (χ1) is 12.0. The third-order valence-corrected chi connectivity index (χ3v) is 4.69. The Morgan fingerprint density at radius 2 is 2.00 bits per heavy atom. The van der Waals surface area contributed by atoms with Gasteiger partial charge in [-0.15, -0.1) is 0 Å². The number of amides is 1. The lowest BCUT2D eigenvalue weighted by Gasteiger charge is -2.18. The predicted molar refractivity (Wildman–Crippen MR) is 97.1 cm³/mol. The summed E-state index contributed by atoms with van der Waals surface area (Å²) >= 11 is 3.36. The van der Waals surface area contributed by atoms with Gasteiger partial charge in [-0.25, -0.2) is 4.79 Å². The van der Waals surface area contributed by atoms with Crippen LogP contribution in [0.25, 0.3) is 0 Å². The van der Waals surface area contributed by atoms with E-state index in [2.05, 4.69) is 21.2 Å². The van der Waals surface area contributed by atoms with Gasteiger partial charge < -0.3 is 19.5 Å². The molecule has 0 bridgehead atoms. The van der Waals surface area contributed by atoms with Crippen LogP contribution in [-0.2, 0) is 9.53 Å². The highest BCUT2D eigenvalue weighted by Crippen LogP contribution is 2.36. The quantitative estimate of drug-likeness (QED) is 0.692. The van der Waals surface area contributed by atoms with Crippen molar-refractivity contribution in [2.45, 2.75) is 51.7 Å². The average Bonchev–Trinajstić information content (AvgIpc) is 3.07. The Morgan fingerprint density at radius 1 is 1.32 bits per heavy atom. The number of ether oxygens (including phenoxy) is 3. The molecule has 1 saturated carbocycles. The number of carbonyl (C=O) groups is 2. The van der Waals surface area contributed by atoms with Crippen molar-refractivity contribution in [2.75, 3.05) is 13.7 Å². The van der Waals surface area contributed by atoms with Crippen molar-refractivity contribution in [2.24, 2.45) is 0 Å². The molecule has 138 valence electrons. The Balaban J connectivity index is 2.05. The number of halogens is 1. The van der Waals surface area contributed by atoms with Crippen LogP contribution >= 0.6 is 15.9 Å². The fraction of sp³-hybridized carbons (Fsp3) is 0.556. The van der Waals surface area contributed by atoms with E-state index in [0.29, 0.717) is 22.6 Å². The summed E-state index contributed by atoms with van der Waals surface area (Å²) in [5, 5.41) is 2.93. The molecule has 2 rings (SSSR count). The van der Waals surface area contributed by atoms with Gasteiger partial charge in [0.25, 0.3) is 5.91 Å². The second-order valence-electron chi connectivity index (χ2n) is 5.96. The minimum Gasteiger partial charge on any atom is -0.492 e. The first-order valence-electron chi connectivity index (χ1n) is 8.48. The van der Waals surface area contributed by atoms with Crippen molar-refractivity contribution in [3.63, 3.8) is 0 Å². The van der Waals surface area contributed by atoms with Gasteiger partial charge in [0, 0.05) is 6.04 Å². The highest BCUT2D eigenvalue weighted by Gasteiger charge is 2.24. The molecule has 0 radical (unpaired) electrons. The van der Waals surface area contributed by atoms with Gasteiger partial charge in [0.05, 0.1) is 23.8 Å². The van der Waals surface area contributed by atoms with E-state index in [1.165, 1.54) is 7.11 Å². The van der Waals surface area contributed by atoms with Crippen molar-refractivity contribution in [3.8, 4) is 11.5 Å². The zero-order valence-corrected chi connectivity index (χ0v) is 16.4. The summed E-state index contributed by atoms with van der Waals surface area (Å²) in [6.07, 6.45) is 3.35. The number of esters is 1. The van der Waals surface area contributed by atoms with Crippen molar-refractivity contribution >= 4 is 27.8 Å². The highest BCUT2D eigenvalue weighted by molar-refractivity contribution is 9.10. The van der Waals surface area contributed by atoms with E-state index in [-0.39, 0.29) is 17.5 Å². The van der Waals surface area contributed by atoms with E-state index in [1.54, 1.807) is 19.1 Å². The number of carbonyl (C=O) groups excluding carboxylic acids is 2. The summed E-state index contributed by atoms with van der Waals surface area (Å²) in [6.45, 7) is 3.85. The van der Waals surface area contributed by atoms with Crippen molar-refractivity contribution in [3.05, 3.63) is 22.2 Å². The molecule has 0 aromatic heterocycles. The molecule has 1 aliphatic carbocycles. The maximum Gasteiger partial charge on any atom is 0.339 e. The number of nitrogens with one attached hydrogen (secondary N) is 1. The molecule has 0 spiro atoms. The van der Waals surface area contributed by atoms with Gasteiger partial charge in [-0.3, -0.25) is 4.79 Å². The predicted octanol–water partition coefficient (Wildman–Crippen LogP) is 3.46. The van der Waals surface area contributed by atoms with Gasteiger partial charge in [-0.1, -0.05) is 12.8 Å². The number of rotatable bonds is 7. The van der Waals surface area contributed by atoms with Crippen molar-refractivity contribution in [1.82, 2.24) is 5.32 Å². The summed E-state index contributed by atoms with van der Waals surface area (Å²) in [4.78, 5) is 24.5. The molecule has 1 atom stereocenters. The monoisotopic (exact) mass is 413 g/mol. The Kier molecular flexibility index (Phi) is 7.11. The Hall–Kier alpha value is -1.76. The Labute approximate surface area is 156 Å². The first-order valence-corrected chi connectivity index (χ1v) is 9.27. The molecule has 6 nitrogen and oxygen atoms in total. The molecule has 1 N–H and O–H groups in total. The number of benzene rings is 1. The lowest BCUT2D eigenvalue weighted by atomic mass is 10.2. The van der Waals surface area contributed by atoms with Crippen molar-refractivity contribution < 1.29 is 23.8 Å². The van der Waals surface area contributed by atoms with Crippen LogP contribution in [-0.4, -0.2) is 37.7 Å². The molecule has 1 aromatic carbocycles. The fourth-order valence-corrected chi connectivity index (χ4v) is 3.42. The van der Waals surface area contributed by atoms with E-state index in [4.69, 9.17) is 14.2 Å². The molecule has 0 unspecified atom stereocenters. The van der Waals surface area contributed by atoms with Crippen LogP contribution < -0.4 is 14.8 Å². The van der Waals surface area contributed by atoms with Gasteiger partial charge in [-0.05, 0) is 54.8 Å². The lowest BCUT2D eigenvalue weighted by Crippen LogP contribution is -2.40. The average molecular weight is 414 g/mol. The van der Waals surface area contributed by atoms with Gasteiger partial charge >= 0.3 is 5.97 Å². The van der Waals surface area contributed by atoms with Crippen LogP contribution in [0.2, 0.25) is 0 Å². The van der Waals surface area contributed by atoms with E-state index in [9.17, 15) is 9.59 Å². The minimum atomic E-state index is -0.857. The molecule has 25 heavy (non-hydrogen) atoms. The van der Waals surface area contributed by atoms with E-state index in [1.807, 2.05) is 6.92 Å². The zero-order chi connectivity index (χ0) is 18.4. The Bertz CT molecular complexity index is 628. The molecular formula is C18H24BrNO5. The number of methoxy groups -OCH3 is 1. The van der Waals surface area contributed by atoms with Gasteiger partial charge in [0.15, 0.2) is 17.6 Å². The SMILES string of the molecule is CCOc1cc(C(=O)O[C@H](C)C(=O)NC2CCCC2)cc(Br)c1OC. The third kappa shape index (κ3) is 5.11. The topological polar surface area (TPSA) is 73.9 Å². The first kappa shape index (κ1) is 19.6. The smallest absolute Gasteiger partial charge is 0.339 e. The highest BCUT2D eigenvalue weighted by atomic mass is 79.9. The van der Waals surface area contributed by atoms with E-state index >= 15 is 0 Å². The third-order valence-electron chi connectivity index (χ3n) is 4.10. The van der Waals surface area contributed by atoms with Crippen LogP contribution in [0.15, 0.2) is 16.6 Å². The van der Waals surface area contributed by atoms with Gasteiger partial charge in [-0.2, -0.15) is 0 Å². The lowest BCUT2D eigenvalue weighted by molar-refractivity contribution is -0.129. The van der Waals surface area contributed by atoms with Crippen LogP contribution in [0.5, 0.6) is 11.5 Å². The fourth-order valence-electron chi connectivity index (χ4n) is 2.82. The molecule has 0 saturated heterocycles. The summed E-state index contributed by atoms with van der Waals surface area (Å²) in [6, 6.07) is 3.33. The van der Waals surface area contributed by atoms with Gasteiger partial charge in [0.2, 0.25) is 0 Å². The molecular weight excluding hydrogens is 390 g/mol. The summed E-state index contributed by atoms with van der Waals surface area (Å²) < 4.78 is 16.6. The van der Waals surface area contributed by atoms with Crippen molar-refractivity contribution in [1.29, 1.82) is 0 Å². The molecule has 1 fully saturated rings. The maximum atomic E-state index is 12.4. The zero-order valence-electron chi connectivity index (χ0n) is 14.8.